The summed E-state index contributed by atoms with van der Waals surface area (Å²) >= 11 is 1.29. The van der Waals surface area contributed by atoms with E-state index < -0.39 is 0 Å². The van der Waals surface area contributed by atoms with Gasteiger partial charge in [0, 0.05) is 6.54 Å². The zero-order chi connectivity index (χ0) is 20.1. The predicted molar refractivity (Wildman–Crippen MR) is 115 cm³/mol. The lowest BCUT2D eigenvalue weighted by Gasteiger charge is -2.15. The fraction of sp³-hybridized carbons (Fsp3) is 0.318. The first-order chi connectivity index (χ1) is 13.5. The van der Waals surface area contributed by atoms with Crippen molar-refractivity contribution in [1.82, 2.24) is 14.9 Å². The highest BCUT2D eigenvalue weighted by molar-refractivity contribution is 7.99. The minimum atomic E-state index is -0.119. The van der Waals surface area contributed by atoms with Gasteiger partial charge in [0.25, 0.3) is 5.56 Å². The van der Waals surface area contributed by atoms with Crippen molar-refractivity contribution in [2.24, 2.45) is 0 Å². The first-order valence-electron chi connectivity index (χ1n) is 9.50. The molecule has 28 heavy (non-hydrogen) atoms. The van der Waals surface area contributed by atoms with Gasteiger partial charge in [-0.2, -0.15) is 0 Å². The minimum absolute atomic E-state index is 0.0481. The number of nitrogens with zero attached hydrogens (tertiary/aromatic N) is 2. The maximum absolute atomic E-state index is 13.3. The lowest BCUT2D eigenvalue weighted by molar-refractivity contribution is -0.118. The average Bonchev–Trinajstić information content (AvgIpc) is 2.68. The Balaban J connectivity index is 2.02. The first kappa shape index (κ1) is 20.1. The molecular formula is C22H25N3O2S. The van der Waals surface area contributed by atoms with Gasteiger partial charge in [0.15, 0.2) is 5.16 Å². The van der Waals surface area contributed by atoms with Gasteiger partial charge < -0.3 is 5.32 Å². The molecule has 0 spiro atoms. The summed E-state index contributed by atoms with van der Waals surface area (Å²) in [5.74, 6) is 0.174. The zero-order valence-electron chi connectivity index (χ0n) is 16.5. The molecule has 3 aromatic rings. The van der Waals surface area contributed by atoms with E-state index in [2.05, 4.69) is 12.2 Å². The van der Waals surface area contributed by atoms with Crippen LogP contribution < -0.4 is 10.9 Å². The van der Waals surface area contributed by atoms with Crippen LogP contribution in [0.15, 0.2) is 52.4 Å². The molecule has 6 heteroatoms. The van der Waals surface area contributed by atoms with Crippen LogP contribution in [-0.2, 0) is 4.79 Å². The Morgan fingerprint density at radius 3 is 2.71 bits per heavy atom. The van der Waals surface area contributed by atoms with E-state index in [9.17, 15) is 9.59 Å². The Morgan fingerprint density at radius 1 is 1.18 bits per heavy atom. The van der Waals surface area contributed by atoms with Crippen molar-refractivity contribution in [3.63, 3.8) is 0 Å². The van der Waals surface area contributed by atoms with E-state index >= 15 is 0 Å². The molecule has 1 heterocycles. The van der Waals surface area contributed by atoms with E-state index in [0.717, 1.165) is 29.7 Å². The molecule has 1 aromatic heterocycles. The number of para-hydroxylation sites is 1. The molecule has 0 saturated heterocycles. The largest absolute Gasteiger partial charge is 0.355 e. The molecule has 0 unspecified atom stereocenters. The molecule has 5 nitrogen and oxygen atoms in total. The molecule has 0 fully saturated rings. The van der Waals surface area contributed by atoms with Crippen LogP contribution in [0.3, 0.4) is 0 Å². The Morgan fingerprint density at radius 2 is 1.96 bits per heavy atom. The van der Waals surface area contributed by atoms with Gasteiger partial charge in [-0.05, 0) is 44.0 Å². The Labute approximate surface area is 169 Å². The van der Waals surface area contributed by atoms with Crippen LogP contribution in [0.2, 0.25) is 0 Å². The van der Waals surface area contributed by atoms with Crippen molar-refractivity contribution >= 4 is 28.6 Å². The van der Waals surface area contributed by atoms with Gasteiger partial charge in [0.05, 0.1) is 22.3 Å². The van der Waals surface area contributed by atoms with Gasteiger partial charge >= 0.3 is 0 Å². The number of rotatable bonds is 7. The molecule has 0 aliphatic carbocycles. The van der Waals surface area contributed by atoms with E-state index in [4.69, 9.17) is 4.98 Å². The molecule has 0 aliphatic rings. The molecule has 3 rings (SSSR count). The molecule has 2 aromatic carbocycles. The van der Waals surface area contributed by atoms with E-state index in [1.54, 1.807) is 10.6 Å². The zero-order valence-corrected chi connectivity index (χ0v) is 17.3. The number of aryl methyl sites for hydroxylation is 2. The molecule has 0 atom stereocenters. The number of amides is 1. The molecule has 0 aliphatic heterocycles. The molecule has 0 bridgehead atoms. The van der Waals surface area contributed by atoms with Gasteiger partial charge in [-0.3, -0.25) is 14.2 Å². The van der Waals surface area contributed by atoms with Crippen molar-refractivity contribution < 1.29 is 4.79 Å². The van der Waals surface area contributed by atoms with Gasteiger partial charge in [0.2, 0.25) is 5.91 Å². The minimum Gasteiger partial charge on any atom is -0.355 e. The number of hydrogen-bond acceptors (Lipinski definition) is 4. The number of carbonyl (C=O) groups is 1. The SMILES string of the molecule is CCCCNC(=O)CSc1nc2ccccc2c(=O)n1-c1ccc(C)cc1C. The summed E-state index contributed by atoms with van der Waals surface area (Å²) in [6.07, 6.45) is 1.99. The van der Waals surface area contributed by atoms with Crippen LogP contribution in [0.25, 0.3) is 16.6 Å². The van der Waals surface area contributed by atoms with Crippen LogP contribution in [0.4, 0.5) is 0 Å². The highest BCUT2D eigenvalue weighted by Crippen LogP contribution is 2.23. The summed E-state index contributed by atoms with van der Waals surface area (Å²) in [5, 5.41) is 4.01. The third kappa shape index (κ3) is 4.44. The summed E-state index contributed by atoms with van der Waals surface area (Å²) in [5.41, 5.74) is 3.44. The standard InChI is InChI=1S/C22H25N3O2S/c1-4-5-12-23-20(26)14-28-22-24-18-9-7-6-8-17(18)21(27)25(22)19-11-10-15(2)13-16(19)3/h6-11,13H,4-5,12,14H2,1-3H3,(H,23,26). The van der Waals surface area contributed by atoms with Crippen molar-refractivity contribution in [3.05, 3.63) is 63.9 Å². The van der Waals surface area contributed by atoms with Gasteiger partial charge in [-0.25, -0.2) is 4.98 Å². The Bertz CT molecular complexity index is 1060. The van der Waals surface area contributed by atoms with E-state index in [1.807, 2.05) is 50.2 Å². The number of hydrogen-bond donors (Lipinski definition) is 1. The lowest BCUT2D eigenvalue weighted by Crippen LogP contribution is -2.27. The number of benzene rings is 2. The summed E-state index contributed by atoms with van der Waals surface area (Å²) < 4.78 is 1.63. The number of fused-ring (bicyclic) bond motifs is 1. The average molecular weight is 396 g/mol. The quantitative estimate of drug-likeness (QED) is 0.373. The molecular weight excluding hydrogens is 370 g/mol. The van der Waals surface area contributed by atoms with Crippen LogP contribution in [0.5, 0.6) is 0 Å². The fourth-order valence-electron chi connectivity index (χ4n) is 3.06. The highest BCUT2D eigenvalue weighted by Gasteiger charge is 2.16. The number of carbonyl (C=O) groups excluding carboxylic acids is 1. The molecule has 0 saturated carbocycles. The third-order valence-corrected chi connectivity index (χ3v) is 5.46. The first-order valence-corrected chi connectivity index (χ1v) is 10.5. The smallest absolute Gasteiger partial charge is 0.266 e. The third-order valence-electron chi connectivity index (χ3n) is 4.52. The highest BCUT2D eigenvalue weighted by atomic mass is 32.2. The van der Waals surface area contributed by atoms with E-state index in [-0.39, 0.29) is 17.2 Å². The Hall–Kier alpha value is -2.60. The van der Waals surface area contributed by atoms with E-state index in [0.29, 0.717) is 22.6 Å². The second kappa shape index (κ2) is 9.06. The van der Waals surface area contributed by atoms with Gasteiger partial charge in [0.1, 0.15) is 0 Å². The maximum atomic E-state index is 13.3. The van der Waals surface area contributed by atoms with Gasteiger partial charge in [-0.1, -0.05) is 54.9 Å². The van der Waals surface area contributed by atoms with Crippen LogP contribution in [0.1, 0.15) is 30.9 Å². The molecule has 146 valence electrons. The molecule has 1 N–H and O–H groups in total. The summed E-state index contributed by atoms with van der Waals surface area (Å²) in [6, 6.07) is 13.3. The number of nitrogens with one attached hydrogen (secondary N) is 1. The normalized spacial score (nSPS) is 11.0. The predicted octanol–water partition coefficient (Wildman–Crippen LogP) is 4.01. The number of aromatic nitrogens is 2. The number of unbranched alkanes of at least 4 members (excludes halogenated alkanes) is 1. The topological polar surface area (TPSA) is 64.0 Å². The van der Waals surface area contributed by atoms with Crippen molar-refractivity contribution in [1.29, 1.82) is 0 Å². The van der Waals surface area contributed by atoms with Crippen molar-refractivity contribution in [2.45, 2.75) is 38.8 Å². The Kier molecular flexibility index (Phi) is 6.52. The fourth-order valence-corrected chi connectivity index (χ4v) is 3.90. The second-order valence-corrected chi connectivity index (χ2v) is 7.78. The molecule has 1 amide bonds. The van der Waals surface area contributed by atoms with Crippen molar-refractivity contribution in [2.75, 3.05) is 12.3 Å². The lowest BCUT2D eigenvalue weighted by atomic mass is 10.1. The molecule has 0 radical (unpaired) electrons. The monoisotopic (exact) mass is 395 g/mol. The summed E-state index contributed by atoms with van der Waals surface area (Å²) in [6.45, 7) is 6.76. The summed E-state index contributed by atoms with van der Waals surface area (Å²) in [4.78, 5) is 30.1. The maximum Gasteiger partial charge on any atom is 0.266 e. The van der Waals surface area contributed by atoms with Gasteiger partial charge in [-0.15, -0.1) is 0 Å². The number of thioether (sulfide) groups is 1. The van der Waals surface area contributed by atoms with Crippen molar-refractivity contribution in [3.8, 4) is 5.69 Å². The van der Waals surface area contributed by atoms with Crippen LogP contribution in [-0.4, -0.2) is 27.8 Å². The second-order valence-electron chi connectivity index (χ2n) is 6.83. The summed E-state index contributed by atoms with van der Waals surface area (Å²) in [7, 11) is 0. The van der Waals surface area contributed by atoms with Crippen LogP contribution in [0, 0.1) is 13.8 Å². The van der Waals surface area contributed by atoms with E-state index in [1.165, 1.54) is 11.8 Å². The van der Waals surface area contributed by atoms with Crippen LogP contribution >= 0.6 is 11.8 Å².